The number of likely N-dealkylation sites (tertiary alicyclic amines) is 1. The first-order valence-electron chi connectivity index (χ1n) is 22.9. The molecule has 2 aromatic heterocycles. The minimum Gasteiger partial charge on any atom is -0.487 e. The Kier molecular flexibility index (Phi) is 11.3. The third-order valence-corrected chi connectivity index (χ3v) is 13.1. The molecule has 6 heterocycles. The van der Waals surface area contributed by atoms with E-state index in [1.54, 1.807) is 0 Å². The first kappa shape index (κ1) is 41.1. The third-order valence-electron chi connectivity index (χ3n) is 13.1. The van der Waals surface area contributed by atoms with Gasteiger partial charge in [0.05, 0.1) is 41.5 Å². The van der Waals surface area contributed by atoms with Gasteiger partial charge in [0, 0.05) is 30.8 Å². The van der Waals surface area contributed by atoms with Gasteiger partial charge in [0.1, 0.15) is 48.3 Å². The van der Waals surface area contributed by atoms with Crippen LogP contribution in [-0.4, -0.2) is 97.7 Å². The van der Waals surface area contributed by atoms with Crippen molar-refractivity contribution in [3.63, 3.8) is 0 Å². The summed E-state index contributed by atoms with van der Waals surface area (Å²) in [7, 11) is 0. The van der Waals surface area contributed by atoms with Crippen LogP contribution >= 0.6 is 0 Å². The van der Waals surface area contributed by atoms with Crippen LogP contribution in [0.5, 0.6) is 5.75 Å². The molecule has 0 spiro atoms. The van der Waals surface area contributed by atoms with Crippen LogP contribution in [0.3, 0.4) is 0 Å². The smallest absolute Gasteiger partial charge is 0.408 e. The maximum Gasteiger partial charge on any atom is 0.408 e. The van der Waals surface area contributed by atoms with Crippen LogP contribution in [0.2, 0.25) is 0 Å². The van der Waals surface area contributed by atoms with Crippen molar-refractivity contribution in [2.75, 3.05) is 19.7 Å². The Morgan fingerprint density at radius 1 is 0.746 bits per heavy atom. The number of hydrogen-bond acceptors (Lipinski definition) is 10. The van der Waals surface area contributed by atoms with E-state index in [4.69, 9.17) is 28.9 Å². The van der Waals surface area contributed by atoms with Gasteiger partial charge in [-0.3, -0.25) is 9.59 Å². The summed E-state index contributed by atoms with van der Waals surface area (Å²) in [5.41, 5.74) is 7.16. The van der Waals surface area contributed by atoms with Crippen molar-refractivity contribution < 1.29 is 38.1 Å². The Hall–Kier alpha value is -5.90. The minimum atomic E-state index is -0.692. The zero-order chi connectivity index (χ0) is 43.2. The zero-order valence-electron chi connectivity index (χ0n) is 36.0. The highest BCUT2D eigenvalue weighted by molar-refractivity contribution is 5.87. The molecule has 4 fully saturated rings. The fraction of sp³-hybridized carbons (Fsp3) is 0.532. The van der Waals surface area contributed by atoms with E-state index in [1.165, 1.54) is 0 Å². The Labute approximate surface area is 366 Å². The maximum absolute atomic E-state index is 14.0. The summed E-state index contributed by atoms with van der Waals surface area (Å²) in [5, 5.41) is 5.70. The van der Waals surface area contributed by atoms with Crippen LogP contribution < -0.4 is 15.4 Å². The van der Waals surface area contributed by atoms with E-state index in [0.29, 0.717) is 39.3 Å². The first-order valence-corrected chi connectivity index (χ1v) is 22.9. The van der Waals surface area contributed by atoms with E-state index in [1.807, 2.05) is 35.8 Å². The second-order valence-electron chi connectivity index (χ2n) is 18.2. The monoisotopic (exact) mass is 860 g/mol. The predicted octanol–water partition coefficient (Wildman–Crippen LogP) is 7.22. The molecule has 4 N–H and O–H groups in total. The number of nitrogens with one attached hydrogen (secondary N) is 4. The lowest BCUT2D eigenvalue weighted by molar-refractivity contribution is -0.136. The summed E-state index contributed by atoms with van der Waals surface area (Å²) in [5.74, 6) is 1.84. The number of aromatic nitrogens is 4. The van der Waals surface area contributed by atoms with Gasteiger partial charge in [-0.25, -0.2) is 19.6 Å². The van der Waals surface area contributed by atoms with E-state index in [0.717, 1.165) is 127 Å². The van der Waals surface area contributed by atoms with Crippen molar-refractivity contribution in [2.24, 2.45) is 5.92 Å². The molecule has 16 heteroatoms. The van der Waals surface area contributed by atoms with Gasteiger partial charge in [0.25, 0.3) is 0 Å². The number of carbonyl (C=O) groups excluding carboxylic acids is 4. The molecule has 0 unspecified atom stereocenters. The highest BCUT2D eigenvalue weighted by Crippen LogP contribution is 2.42. The van der Waals surface area contributed by atoms with Gasteiger partial charge in [-0.15, -0.1) is 0 Å². The van der Waals surface area contributed by atoms with Crippen LogP contribution in [0.4, 0.5) is 9.59 Å². The van der Waals surface area contributed by atoms with Crippen molar-refractivity contribution in [1.29, 1.82) is 0 Å². The molecule has 0 radical (unpaired) electrons. The lowest BCUT2D eigenvalue weighted by Crippen LogP contribution is -2.51. The standard InChI is InChI=1S/C47H56N8O8/c1-26(2)39(53-47(59)63-31-17-18-31)45(57)55-21-6-9-37(55)43-49-35-25-61-38-23-29(14-19-32(38)41(35)52-43)27-10-12-28(13-11-27)40-34-24-60-22-4-3-7-33(50-46(58)62-30-15-16-30)44(56)54-20-5-8-36(54)42(48-34)51-40/h10-14,19,23,26,30-31,33,36-37,39H,3-9,15-18,20-22,24-25H2,1-2H3,(H,48,51)(H,49,52)(H,50,58)(H,53,59)/t33-,36-,37-,39-/m0/s1. The second-order valence-corrected chi connectivity index (χ2v) is 18.2. The van der Waals surface area contributed by atoms with Gasteiger partial charge < -0.3 is 49.3 Å². The van der Waals surface area contributed by atoms with E-state index in [-0.39, 0.29) is 42.0 Å². The number of H-pyrrole nitrogens is 2. The van der Waals surface area contributed by atoms with Crippen molar-refractivity contribution >= 4 is 24.0 Å². The molecule has 2 aromatic carbocycles. The van der Waals surface area contributed by atoms with Gasteiger partial charge in [0.2, 0.25) is 11.8 Å². The molecule has 10 rings (SSSR count). The van der Waals surface area contributed by atoms with Crippen LogP contribution in [0, 0.1) is 5.92 Å². The molecule has 4 aliphatic heterocycles. The summed E-state index contributed by atoms with van der Waals surface area (Å²) in [4.78, 5) is 73.9. The number of amides is 4. The Bertz CT molecular complexity index is 2370. The van der Waals surface area contributed by atoms with Gasteiger partial charge in [-0.1, -0.05) is 44.2 Å². The Morgan fingerprint density at radius 3 is 2.17 bits per heavy atom. The maximum atomic E-state index is 14.0. The van der Waals surface area contributed by atoms with E-state index in [9.17, 15) is 19.2 Å². The van der Waals surface area contributed by atoms with Crippen LogP contribution in [0.15, 0.2) is 42.5 Å². The number of carbonyl (C=O) groups is 4. The van der Waals surface area contributed by atoms with E-state index in [2.05, 4.69) is 50.9 Å². The van der Waals surface area contributed by atoms with E-state index >= 15 is 0 Å². The van der Waals surface area contributed by atoms with Crippen LogP contribution in [0.25, 0.3) is 33.6 Å². The molecule has 2 bridgehead atoms. The molecule has 332 valence electrons. The molecule has 16 nitrogen and oxygen atoms in total. The molecule has 2 aliphatic carbocycles. The summed E-state index contributed by atoms with van der Waals surface area (Å²) in [6, 6.07) is 12.6. The van der Waals surface area contributed by atoms with Gasteiger partial charge in [0.15, 0.2) is 0 Å². The van der Waals surface area contributed by atoms with Crippen molar-refractivity contribution in [1.82, 2.24) is 40.4 Å². The number of aromatic amines is 2. The Balaban J connectivity index is 0.847. The lowest BCUT2D eigenvalue weighted by Gasteiger charge is -2.30. The number of nitrogens with zero attached hydrogens (tertiary/aromatic N) is 4. The fourth-order valence-electron chi connectivity index (χ4n) is 9.35. The summed E-state index contributed by atoms with van der Waals surface area (Å²) < 4.78 is 23.3. The minimum absolute atomic E-state index is 0.0423. The summed E-state index contributed by atoms with van der Waals surface area (Å²) >= 11 is 0. The molecule has 2 saturated carbocycles. The average molecular weight is 861 g/mol. The number of benzene rings is 2. The number of alkyl carbamates (subject to hydrolysis) is 2. The van der Waals surface area contributed by atoms with Crippen molar-refractivity contribution in [2.45, 2.75) is 134 Å². The molecule has 4 aromatic rings. The SMILES string of the molecule is CC(C)[C@H](NC(=O)OC1CC1)C(=O)N1CCC[C@H]1c1nc2c([nH]1)COc1cc(-c3ccc(-c4nc5[nH]c4COCCCC[C@H](NC(=O)OC4CC4)C(=O)N4CCC[C@@H]54)cc3)ccc1-2. The molecule has 6 aliphatic rings. The fourth-order valence-corrected chi connectivity index (χ4v) is 9.35. The topological polar surface area (TPSA) is 193 Å². The molecule has 63 heavy (non-hydrogen) atoms. The third kappa shape index (κ3) is 8.74. The number of rotatable bonds is 9. The van der Waals surface area contributed by atoms with Crippen molar-refractivity contribution in [3.05, 3.63) is 65.5 Å². The first-order chi connectivity index (χ1) is 30.7. The number of imidazole rings is 2. The highest BCUT2D eigenvalue weighted by Gasteiger charge is 2.40. The molecular weight excluding hydrogens is 805 g/mol. The molecule has 2 saturated heterocycles. The average Bonchev–Trinajstić information content (AvgIpc) is 3.97. The largest absolute Gasteiger partial charge is 0.487 e. The predicted molar refractivity (Wildman–Crippen MR) is 230 cm³/mol. The highest BCUT2D eigenvalue weighted by atomic mass is 16.6. The number of ether oxygens (including phenoxy) is 4. The number of fused-ring (bicyclic) bond motifs is 7. The van der Waals surface area contributed by atoms with Crippen LogP contribution in [-0.2, 0) is 37.0 Å². The number of hydrogen-bond donors (Lipinski definition) is 4. The second kappa shape index (κ2) is 17.3. The van der Waals surface area contributed by atoms with Crippen molar-refractivity contribution in [3.8, 4) is 39.4 Å². The zero-order valence-corrected chi connectivity index (χ0v) is 36.0. The van der Waals surface area contributed by atoms with Gasteiger partial charge in [-0.2, -0.15) is 0 Å². The normalized spacial score (nSPS) is 22.7. The molecule has 4 amide bonds. The Morgan fingerprint density at radius 2 is 1.41 bits per heavy atom. The summed E-state index contributed by atoms with van der Waals surface area (Å²) in [6.45, 7) is 6.25. The van der Waals surface area contributed by atoms with Gasteiger partial charge >= 0.3 is 12.2 Å². The molecule has 4 atom stereocenters. The lowest BCUT2D eigenvalue weighted by atomic mass is 9.98. The summed E-state index contributed by atoms with van der Waals surface area (Å²) in [6.07, 6.45) is 7.56. The van der Waals surface area contributed by atoms with Crippen LogP contribution in [0.1, 0.15) is 120 Å². The quantitative estimate of drug-likeness (QED) is 0.134. The van der Waals surface area contributed by atoms with E-state index < -0.39 is 24.3 Å². The molecular formula is C47H56N8O8. The van der Waals surface area contributed by atoms with Gasteiger partial charge in [-0.05, 0) is 99.8 Å².